The van der Waals surface area contributed by atoms with Gasteiger partial charge in [0.1, 0.15) is 11.3 Å². The normalized spacial score (nSPS) is 14.3. The zero-order valence-electron chi connectivity index (χ0n) is 14.8. The number of furan rings is 1. The van der Waals surface area contributed by atoms with Gasteiger partial charge in [0.25, 0.3) is 11.8 Å². The molecule has 0 radical (unpaired) electrons. The maximum Gasteiger partial charge on any atom is 0.287 e. The number of fused-ring (bicyclic) bond motifs is 2. The molecule has 2 aromatic carbocycles. The van der Waals surface area contributed by atoms with Crippen LogP contribution in [0.5, 0.6) is 5.75 Å². The zero-order valence-corrected chi connectivity index (χ0v) is 15.5. The first-order chi connectivity index (χ1) is 12.9. The number of rotatable bonds is 3. The van der Waals surface area contributed by atoms with Crippen LogP contribution in [0, 0.1) is 6.92 Å². The summed E-state index contributed by atoms with van der Waals surface area (Å²) in [5.41, 5.74) is 2.79. The first kappa shape index (κ1) is 17.4. The van der Waals surface area contributed by atoms with Gasteiger partial charge in [-0.25, -0.2) is 0 Å². The Balaban J connectivity index is 1.57. The van der Waals surface area contributed by atoms with E-state index in [4.69, 9.17) is 20.8 Å². The van der Waals surface area contributed by atoms with Crippen molar-refractivity contribution in [1.29, 1.82) is 0 Å². The smallest absolute Gasteiger partial charge is 0.287 e. The molecule has 2 amide bonds. The Hall–Kier alpha value is -2.99. The molecular weight excluding hydrogens is 368 g/mol. The molecule has 6 nitrogen and oxygen atoms in total. The molecule has 4 rings (SSSR count). The van der Waals surface area contributed by atoms with Crippen molar-refractivity contribution in [3.05, 3.63) is 58.3 Å². The molecule has 2 N–H and O–H groups in total. The molecule has 2 heterocycles. The lowest BCUT2D eigenvalue weighted by Gasteiger charge is -2.20. The Morgan fingerprint density at radius 1 is 1.26 bits per heavy atom. The van der Waals surface area contributed by atoms with Gasteiger partial charge in [-0.2, -0.15) is 0 Å². The zero-order chi connectivity index (χ0) is 19.1. The SMILES string of the molecule is Cc1c(C(=O)NC(C)c2ccc3c(c2)NC(=O)CO3)oc2ccc(Cl)cc12. The van der Waals surface area contributed by atoms with E-state index in [2.05, 4.69) is 10.6 Å². The summed E-state index contributed by atoms with van der Waals surface area (Å²) < 4.78 is 11.1. The van der Waals surface area contributed by atoms with Crippen LogP contribution in [0.2, 0.25) is 5.02 Å². The molecule has 0 aliphatic carbocycles. The quantitative estimate of drug-likeness (QED) is 0.708. The standard InChI is InChI=1S/C20H17ClN2O4/c1-10-14-8-13(21)4-6-16(14)27-19(10)20(25)22-11(2)12-3-5-17-15(7-12)23-18(24)9-26-17/h3-8,11H,9H2,1-2H3,(H,22,25)(H,23,24). The lowest BCUT2D eigenvalue weighted by molar-refractivity contribution is -0.118. The summed E-state index contributed by atoms with van der Waals surface area (Å²) in [6.07, 6.45) is 0. The number of benzene rings is 2. The number of halogens is 1. The van der Waals surface area contributed by atoms with Crippen molar-refractivity contribution in [2.75, 3.05) is 11.9 Å². The minimum Gasteiger partial charge on any atom is -0.482 e. The second-order valence-electron chi connectivity index (χ2n) is 6.48. The fourth-order valence-corrected chi connectivity index (χ4v) is 3.30. The van der Waals surface area contributed by atoms with Crippen LogP contribution in [0.1, 0.15) is 34.6 Å². The fraction of sp³-hybridized carbons (Fsp3) is 0.200. The highest BCUT2D eigenvalue weighted by Gasteiger charge is 2.22. The third-order valence-corrected chi connectivity index (χ3v) is 4.82. The van der Waals surface area contributed by atoms with Crippen molar-refractivity contribution >= 4 is 40.1 Å². The Kier molecular flexibility index (Phi) is 4.28. The average molecular weight is 385 g/mol. The van der Waals surface area contributed by atoms with Crippen molar-refractivity contribution in [1.82, 2.24) is 5.32 Å². The number of carbonyl (C=O) groups excluding carboxylic acids is 2. The van der Waals surface area contributed by atoms with Crippen LogP contribution in [-0.4, -0.2) is 18.4 Å². The van der Waals surface area contributed by atoms with Crippen LogP contribution < -0.4 is 15.4 Å². The summed E-state index contributed by atoms with van der Waals surface area (Å²) in [5.74, 6) is 0.355. The number of amides is 2. The molecule has 27 heavy (non-hydrogen) atoms. The molecule has 1 atom stereocenters. The van der Waals surface area contributed by atoms with Crippen molar-refractivity contribution in [2.45, 2.75) is 19.9 Å². The predicted molar refractivity (Wildman–Crippen MR) is 102 cm³/mol. The lowest BCUT2D eigenvalue weighted by Crippen LogP contribution is -2.28. The van der Waals surface area contributed by atoms with Crippen LogP contribution in [0.15, 0.2) is 40.8 Å². The molecule has 7 heteroatoms. The summed E-state index contributed by atoms with van der Waals surface area (Å²) in [4.78, 5) is 24.2. The maximum atomic E-state index is 12.7. The van der Waals surface area contributed by atoms with E-state index in [0.717, 1.165) is 16.5 Å². The number of nitrogens with one attached hydrogen (secondary N) is 2. The van der Waals surface area contributed by atoms with Gasteiger partial charge in [0.05, 0.1) is 11.7 Å². The van der Waals surface area contributed by atoms with Crippen LogP contribution in [0.4, 0.5) is 5.69 Å². The number of carbonyl (C=O) groups is 2. The van der Waals surface area contributed by atoms with Gasteiger partial charge in [-0.3, -0.25) is 9.59 Å². The van der Waals surface area contributed by atoms with Gasteiger partial charge >= 0.3 is 0 Å². The summed E-state index contributed by atoms with van der Waals surface area (Å²) in [5, 5.41) is 7.09. The van der Waals surface area contributed by atoms with Gasteiger partial charge in [0, 0.05) is 16.0 Å². The minimum atomic E-state index is -0.315. The van der Waals surface area contributed by atoms with Gasteiger partial charge in [-0.1, -0.05) is 17.7 Å². The van der Waals surface area contributed by atoms with Gasteiger partial charge < -0.3 is 19.8 Å². The summed E-state index contributed by atoms with van der Waals surface area (Å²) in [6, 6.07) is 10.4. The Morgan fingerprint density at radius 2 is 2.07 bits per heavy atom. The van der Waals surface area contributed by atoms with Crippen molar-refractivity contribution in [2.24, 2.45) is 0 Å². The van der Waals surface area contributed by atoms with Crippen molar-refractivity contribution in [3.63, 3.8) is 0 Å². The molecule has 0 spiro atoms. The molecule has 1 aromatic heterocycles. The minimum absolute atomic E-state index is 0.00792. The van der Waals surface area contributed by atoms with Crippen molar-refractivity contribution in [3.8, 4) is 5.75 Å². The van der Waals surface area contributed by atoms with Gasteiger partial charge in [0.15, 0.2) is 12.4 Å². The van der Waals surface area contributed by atoms with Crippen LogP contribution in [-0.2, 0) is 4.79 Å². The van der Waals surface area contributed by atoms with Gasteiger partial charge in [-0.05, 0) is 49.7 Å². The molecule has 3 aromatic rings. The molecule has 0 fully saturated rings. The van der Waals surface area contributed by atoms with E-state index >= 15 is 0 Å². The molecule has 0 saturated carbocycles. The number of anilines is 1. The highest BCUT2D eigenvalue weighted by Crippen LogP contribution is 2.31. The summed E-state index contributed by atoms with van der Waals surface area (Å²) >= 11 is 6.03. The number of ether oxygens (including phenoxy) is 1. The van der Waals surface area contributed by atoms with E-state index < -0.39 is 0 Å². The molecule has 0 bridgehead atoms. The van der Waals surface area contributed by atoms with Crippen LogP contribution in [0.3, 0.4) is 0 Å². The van der Waals surface area contributed by atoms with Gasteiger partial charge in [-0.15, -0.1) is 0 Å². The van der Waals surface area contributed by atoms with E-state index in [9.17, 15) is 9.59 Å². The second-order valence-corrected chi connectivity index (χ2v) is 6.92. The third kappa shape index (κ3) is 3.24. The Morgan fingerprint density at radius 3 is 2.89 bits per heavy atom. The Labute approximate surface area is 160 Å². The van der Waals surface area contributed by atoms with E-state index in [1.165, 1.54) is 0 Å². The van der Waals surface area contributed by atoms with Crippen molar-refractivity contribution < 1.29 is 18.7 Å². The highest BCUT2D eigenvalue weighted by atomic mass is 35.5. The Bertz CT molecular complexity index is 1070. The van der Waals surface area contributed by atoms with Crippen LogP contribution >= 0.6 is 11.6 Å². The first-order valence-electron chi connectivity index (χ1n) is 8.48. The fourth-order valence-electron chi connectivity index (χ4n) is 3.13. The molecule has 0 saturated heterocycles. The molecule has 138 valence electrons. The number of hydrogen-bond acceptors (Lipinski definition) is 4. The maximum absolute atomic E-state index is 12.7. The molecule has 1 aliphatic rings. The predicted octanol–water partition coefficient (Wildman–Crippen LogP) is 4.22. The van der Waals surface area contributed by atoms with E-state index in [-0.39, 0.29) is 30.2 Å². The summed E-state index contributed by atoms with van der Waals surface area (Å²) in [6.45, 7) is 3.70. The molecule has 1 aliphatic heterocycles. The van der Waals surface area contributed by atoms with E-state index in [0.29, 0.717) is 22.0 Å². The van der Waals surface area contributed by atoms with Gasteiger partial charge in [0.2, 0.25) is 0 Å². The van der Waals surface area contributed by atoms with E-state index in [1.807, 2.05) is 19.9 Å². The molecular formula is C20H17ClN2O4. The number of aryl methyl sites for hydroxylation is 1. The number of hydrogen-bond donors (Lipinski definition) is 2. The van der Waals surface area contributed by atoms with E-state index in [1.54, 1.807) is 30.3 Å². The molecule has 1 unspecified atom stereocenters. The summed E-state index contributed by atoms with van der Waals surface area (Å²) in [7, 11) is 0. The first-order valence-corrected chi connectivity index (χ1v) is 8.86. The average Bonchev–Trinajstić information content (AvgIpc) is 2.97. The monoisotopic (exact) mass is 384 g/mol. The highest BCUT2D eigenvalue weighted by molar-refractivity contribution is 6.31. The lowest BCUT2D eigenvalue weighted by atomic mass is 10.1. The largest absolute Gasteiger partial charge is 0.482 e. The van der Waals surface area contributed by atoms with Crippen LogP contribution in [0.25, 0.3) is 11.0 Å². The topological polar surface area (TPSA) is 80.6 Å². The second kappa shape index (κ2) is 6.63. The third-order valence-electron chi connectivity index (χ3n) is 4.59.